The van der Waals surface area contributed by atoms with Crippen LogP contribution >= 0.6 is 15.9 Å². The Labute approximate surface area is 118 Å². The molecule has 0 radical (unpaired) electrons. The zero-order valence-corrected chi connectivity index (χ0v) is 13.1. The SMILES string of the molecule is CC(C)(C)S(=O)NC1(c2cncc(Br)c2)COC1. The van der Waals surface area contributed by atoms with E-state index in [0.717, 1.165) is 10.0 Å². The average molecular weight is 333 g/mol. The molecule has 0 amide bonds. The van der Waals surface area contributed by atoms with Crippen molar-refractivity contribution in [3.63, 3.8) is 0 Å². The lowest BCUT2D eigenvalue weighted by Gasteiger charge is -2.43. The van der Waals surface area contributed by atoms with Gasteiger partial charge in [-0.05, 0) is 48.3 Å². The van der Waals surface area contributed by atoms with Crippen LogP contribution in [0, 0.1) is 0 Å². The summed E-state index contributed by atoms with van der Waals surface area (Å²) in [5.74, 6) is 0. The summed E-state index contributed by atoms with van der Waals surface area (Å²) in [6, 6.07) is 1.99. The molecule has 1 aromatic rings. The smallest absolute Gasteiger partial charge is 0.103 e. The molecular weight excluding hydrogens is 316 g/mol. The van der Waals surface area contributed by atoms with Gasteiger partial charge in [-0.15, -0.1) is 0 Å². The second-order valence-electron chi connectivity index (χ2n) is 5.45. The summed E-state index contributed by atoms with van der Waals surface area (Å²) < 4.78 is 21.4. The molecule has 1 aromatic heterocycles. The zero-order chi connectivity index (χ0) is 13.4. The molecule has 0 spiro atoms. The van der Waals surface area contributed by atoms with Gasteiger partial charge in [-0.2, -0.15) is 0 Å². The van der Waals surface area contributed by atoms with Gasteiger partial charge in [0.05, 0.1) is 28.9 Å². The fraction of sp³-hybridized carbons (Fsp3) is 0.583. The monoisotopic (exact) mass is 332 g/mol. The molecule has 1 saturated heterocycles. The van der Waals surface area contributed by atoms with Crippen molar-refractivity contribution >= 4 is 26.9 Å². The molecule has 2 rings (SSSR count). The maximum absolute atomic E-state index is 12.2. The quantitative estimate of drug-likeness (QED) is 0.922. The Bertz CT molecular complexity index is 469. The maximum Gasteiger partial charge on any atom is 0.103 e. The number of nitrogens with one attached hydrogen (secondary N) is 1. The molecule has 2 heterocycles. The maximum atomic E-state index is 12.2. The van der Waals surface area contributed by atoms with Crippen molar-refractivity contribution in [1.29, 1.82) is 0 Å². The summed E-state index contributed by atoms with van der Waals surface area (Å²) in [6.07, 6.45) is 3.53. The minimum absolute atomic E-state index is 0.304. The van der Waals surface area contributed by atoms with Crippen molar-refractivity contribution in [1.82, 2.24) is 9.71 Å². The molecule has 100 valence electrons. The number of rotatable bonds is 3. The highest BCUT2D eigenvalue weighted by Crippen LogP contribution is 2.32. The first-order valence-electron chi connectivity index (χ1n) is 5.72. The molecule has 0 aromatic carbocycles. The van der Waals surface area contributed by atoms with Crippen LogP contribution in [-0.4, -0.2) is 27.2 Å². The summed E-state index contributed by atoms with van der Waals surface area (Å²) in [5.41, 5.74) is 0.621. The van der Waals surface area contributed by atoms with Crippen LogP contribution in [0.5, 0.6) is 0 Å². The topological polar surface area (TPSA) is 51.2 Å². The summed E-state index contributed by atoms with van der Waals surface area (Å²) in [7, 11) is -1.14. The van der Waals surface area contributed by atoms with Crippen LogP contribution in [0.2, 0.25) is 0 Å². The largest absolute Gasteiger partial charge is 0.377 e. The van der Waals surface area contributed by atoms with Crippen molar-refractivity contribution in [3.8, 4) is 0 Å². The van der Waals surface area contributed by atoms with E-state index in [2.05, 4.69) is 25.6 Å². The Morgan fingerprint density at radius 1 is 1.44 bits per heavy atom. The van der Waals surface area contributed by atoms with E-state index in [1.165, 1.54) is 0 Å². The highest BCUT2D eigenvalue weighted by Gasteiger charge is 2.43. The predicted molar refractivity (Wildman–Crippen MR) is 75.5 cm³/mol. The number of pyridine rings is 1. The normalized spacial score (nSPS) is 20.2. The summed E-state index contributed by atoms with van der Waals surface area (Å²) in [6.45, 7) is 6.88. The van der Waals surface area contributed by atoms with E-state index in [1.807, 2.05) is 26.8 Å². The van der Waals surface area contributed by atoms with Crippen LogP contribution in [0.1, 0.15) is 26.3 Å². The molecule has 1 N–H and O–H groups in total. The summed E-state index contributed by atoms with van der Waals surface area (Å²) in [5, 5.41) is 0. The Morgan fingerprint density at radius 3 is 2.56 bits per heavy atom. The molecule has 0 bridgehead atoms. The number of aromatic nitrogens is 1. The second kappa shape index (κ2) is 5.00. The van der Waals surface area contributed by atoms with Gasteiger partial charge >= 0.3 is 0 Å². The van der Waals surface area contributed by atoms with Crippen molar-refractivity contribution in [2.24, 2.45) is 0 Å². The first-order valence-corrected chi connectivity index (χ1v) is 7.66. The van der Waals surface area contributed by atoms with Gasteiger partial charge in [-0.25, -0.2) is 8.93 Å². The van der Waals surface area contributed by atoms with Crippen molar-refractivity contribution in [3.05, 3.63) is 28.5 Å². The van der Waals surface area contributed by atoms with E-state index < -0.39 is 11.0 Å². The third-order valence-electron chi connectivity index (χ3n) is 2.80. The third kappa shape index (κ3) is 2.82. The fourth-order valence-corrected chi connectivity index (χ4v) is 2.86. The first-order chi connectivity index (χ1) is 8.33. The van der Waals surface area contributed by atoms with Gasteiger partial charge in [0.25, 0.3) is 0 Å². The highest BCUT2D eigenvalue weighted by atomic mass is 79.9. The molecule has 1 aliphatic rings. The number of halogens is 1. The van der Waals surface area contributed by atoms with E-state index in [9.17, 15) is 4.21 Å². The van der Waals surface area contributed by atoms with Gasteiger partial charge in [0.2, 0.25) is 0 Å². The van der Waals surface area contributed by atoms with E-state index >= 15 is 0 Å². The van der Waals surface area contributed by atoms with Gasteiger partial charge < -0.3 is 4.74 Å². The molecule has 1 aliphatic heterocycles. The number of ether oxygens (including phenoxy) is 1. The van der Waals surface area contributed by atoms with Crippen molar-refractivity contribution in [2.45, 2.75) is 31.1 Å². The Balaban J connectivity index is 2.24. The Kier molecular flexibility index (Phi) is 3.92. The van der Waals surface area contributed by atoms with Gasteiger partial charge in [0.1, 0.15) is 5.54 Å². The van der Waals surface area contributed by atoms with Gasteiger partial charge in [0.15, 0.2) is 0 Å². The molecular formula is C12H17BrN2O2S. The number of hydrogen-bond acceptors (Lipinski definition) is 3. The molecule has 18 heavy (non-hydrogen) atoms. The minimum Gasteiger partial charge on any atom is -0.377 e. The highest BCUT2D eigenvalue weighted by molar-refractivity contribution is 9.10. The fourth-order valence-electron chi connectivity index (χ4n) is 1.59. The predicted octanol–water partition coefficient (Wildman–Crippen LogP) is 2.12. The van der Waals surface area contributed by atoms with Crippen LogP contribution in [0.25, 0.3) is 0 Å². The zero-order valence-electron chi connectivity index (χ0n) is 10.7. The lowest BCUT2D eigenvalue weighted by Crippen LogP contribution is -2.60. The van der Waals surface area contributed by atoms with E-state index in [4.69, 9.17) is 4.74 Å². The van der Waals surface area contributed by atoms with Crippen molar-refractivity contribution in [2.75, 3.05) is 13.2 Å². The Morgan fingerprint density at radius 2 is 2.11 bits per heavy atom. The lowest BCUT2D eigenvalue weighted by molar-refractivity contribution is -0.0661. The van der Waals surface area contributed by atoms with Crippen LogP contribution in [0.3, 0.4) is 0 Å². The minimum atomic E-state index is -1.14. The van der Waals surface area contributed by atoms with Gasteiger partial charge in [0, 0.05) is 16.9 Å². The van der Waals surface area contributed by atoms with Gasteiger partial charge in [-0.3, -0.25) is 4.98 Å². The van der Waals surface area contributed by atoms with E-state index in [-0.39, 0.29) is 10.3 Å². The van der Waals surface area contributed by atoms with Crippen molar-refractivity contribution < 1.29 is 8.95 Å². The van der Waals surface area contributed by atoms with Crippen LogP contribution in [0.15, 0.2) is 22.9 Å². The summed E-state index contributed by atoms with van der Waals surface area (Å²) in [4.78, 5) is 4.16. The molecule has 4 nitrogen and oxygen atoms in total. The molecule has 0 aliphatic carbocycles. The van der Waals surface area contributed by atoms with Crippen LogP contribution in [-0.2, 0) is 21.3 Å². The lowest BCUT2D eigenvalue weighted by atomic mass is 9.91. The van der Waals surface area contributed by atoms with Gasteiger partial charge in [-0.1, -0.05) is 0 Å². The second-order valence-corrected chi connectivity index (χ2v) is 8.33. The summed E-state index contributed by atoms with van der Waals surface area (Å²) >= 11 is 3.41. The average Bonchev–Trinajstić information content (AvgIpc) is 2.21. The first kappa shape index (κ1) is 14.1. The number of hydrogen-bond donors (Lipinski definition) is 1. The Hall–Kier alpha value is -0.300. The molecule has 6 heteroatoms. The molecule has 0 saturated carbocycles. The molecule has 1 fully saturated rings. The molecule has 1 unspecified atom stereocenters. The van der Waals surface area contributed by atoms with E-state index in [1.54, 1.807) is 12.4 Å². The molecule has 1 atom stereocenters. The standard InChI is InChI=1S/C12H17BrN2O2S/c1-11(2,3)18(16)15-12(7-17-8-12)9-4-10(13)6-14-5-9/h4-6,15H,7-8H2,1-3H3. The third-order valence-corrected chi connectivity index (χ3v) is 4.92. The van der Waals surface area contributed by atoms with Crippen LogP contribution in [0.4, 0.5) is 0 Å². The van der Waals surface area contributed by atoms with Crippen LogP contribution < -0.4 is 4.72 Å². The van der Waals surface area contributed by atoms with E-state index in [0.29, 0.717) is 13.2 Å². The number of nitrogens with zero attached hydrogens (tertiary/aromatic N) is 1.